The van der Waals surface area contributed by atoms with Crippen LogP contribution in [-0.4, -0.2) is 14.6 Å². The molecule has 0 saturated carbocycles. The zero-order valence-electron chi connectivity index (χ0n) is 8.07. The van der Waals surface area contributed by atoms with Crippen LogP contribution < -0.4 is 0 Å². The molecule has 0 N–H and O–H groups in total. The molecule has 0 saturated heterocycles. The summed E-state index contributed by atoms with van der Waals surface area (Å²) in [5.74, 6) is 0.709. The largest absolute Gasteiger partial charge is 0.260 e. The molecule has 0 aliphatic heterocycles. The van der Waals surface area contributed by atoms with Gasteiger partial charge in [-0.2, -0.15) is 0 Å². The van der Waals surface area contributed by atoms with Gasteiger partial charge in [0.15, 0.2) is 0 Å². The molecule has 1 rings (SSSR count). The van der Waals surface area contributed by atoms with Gasteiger partial charge in [0.25, 0.3) is 0 Å². The molecule has 0 aliphatic rings. The van der Waals surface area contributed by atoms with Crippen molar-refractivity contribution in [3.05, 3.63) is 30.1 Å². The molecule has 13 heavy (non-hydrogen) atoms. The molecule has 0 aromatic carbocycles. The van der Waals surface area contributed by atoms with Crippen molar-refractivity contribution < 1.29 is 0 Å². The Morgan fingerprint density at radius 1 is 1.46 bits per heavy atom. The predicted octanol–water partition coefficient (Wildman–Crippen LogP) is 2.89. The van der Waals surface area contributed by atoms with Gasteiger partial charge in [0, 0.05) is 35.6 Å². The van der Waals surface area contributed by atoms with Gasteiger partial charge in [0.1, 0.15) is 0 Å². The lowest BCUT2D eigenvalue weighted by molar-refractivity contribution is 0.427. The maximum absolute atomic E-state index is 4.28. The van der Waals surface area contributed by atoms with E-state index in [1.807, 2.05) is 18.3 Å². The Labute approximate surface area is 93.9 Å². The molecule has 1 aromatic heterocycles. The molecule has 0 aliphatic carbocycles. The Hall–Kier alpha value is -0.160. The SMILES string of the molecule is CC(C)CN(I)Cc1ccccn1. The zero-order valence-corrected chi connectivity index (χ0v) is 10.2. The average molecular weight is 290 g/mol. The van der Waals surface area contributed by atoms with Crippen LogP contribution in [0.3, 0.4) is 0 Å². The molecule has 0 spiro atoms. The van der Waals surface area contributed by atoms with Gasteiger partial charge >= 0.3 is 0 Å². The summed E-state index contributed by atoms with van der Waals surface area (Å²) in [6.45, 7) is 6.49. The monoisotopic (exact) mass is 290 g/mol. The molecule has 72 valence electrons. The molecular formula is C10H15IN2. The first-order valence-corrected chi connectivity index (χ1v) is 5.45. The summed E-state index contributed by atoms with van der Waals surface area (Å²) in [5.41, 5.74) is 1.14. The van der Waals surface area contributed by atoms with E-state index in [-0.39, 0.29) is 0 Å². The number of aromatic nitrogens is 1. The normalized spacial score (nSPS) is 11.2. The summed E-state index contributed by atoms with van der Waals surface area (Å²) in [7, 11) is 0. The van der Waals surface area contributed by atoms with Crippen molar-refractivity contribution in [3.8, 4) is 0 Å². The van der Waals surface area contributed by atoms with Gasteiger partial charge in [0.2, 0.25) is 0 Å². The second kappa shape index (κ2) is 5.54. The highest BCUT2D eigenvalue weighted by molar-refractivity contribution is 14.1. The van der Waals surface area contributed by atoms with Crippen LogP contribution in [-0.2, 0) is 6.54 Å². The Morgan fingerprint density at radius 2 is 2.23 bits per heavy atom. The van der Waals surface area contributed by atoms with Gasteiger partial charge in [-0.05, 0) is 18.1 Å². The van der Waals surface area contributed by atoms with Crippen molar-refractivity contribution >= 4 is 22.9 Å². The Balaban J connectivity index is 2.41. The maximum Gasteiger partial charge on any atom is 0.0552 e. The van der Waals surface area contributed by atoms with E-state index in [1.165, 1.54) is 0 Å². The van der Waals surface area contributed by atoms with E-state index in [9.17, 15) is 0 Å². The van der Waals surface area contributed by atoms with Crippen LogP contribution in [0.5, 0.6) is 0 Å². The smallest absolute Gasteiger partial charge is 0.0552 e. The number of hydrogen-bond acceptors (Lipinski definition) is 2. The number of nitrogens with zero attached hydrogens (tertiary/aromatic N) is 2. The Morgan fingerprint density at radius 3 is 2.77 bits per heavy atom. The highest BCUT2D eigenvalue weighted by atomic mass is 127. The van der Waals surface area contributed by atoms with Crippen LogP contribution in [0.15, 0.2) is 24.4 Å². The summed E-state index contributed by atoms with van der Waals surface area (Å²) in [6, 6.07) is 6.04. The minimum Gasteiger partial charge on any atom is -0.260 e. The average Bonchev–Trinajstić information content (AvgIpc) is 2.04. The minimum atomic E-state index is 0.709. The van der Waals surface area contributed by atoms with E-state index in [0.29, 0.717) is 5.92 Å². The third-order valence-electron chi connectivity index (χ3n) is 1.62. The zero-order chi connectivity index (χ0) is 9.68. The first-order valence-electron chi connectivity index (χ1n) is 4.49. The predicted molar refractivity (Wildman–Crippen MR) is 63.5 cm³/mol. The van der Waals surface area contributed by atoms with Gasteiger partial charge in [-0.1, -0.05) is 19.9 Å². The topological polar surface area (TPSA) is 16.1 Å². The maximum atomic E-state index is 4.28. The number of halogens is 1. The van der Waals surface area contributed by atoms with E-state index in [1.54, 1.807) is 0 Å². The summed E-state index contributed by atoms with van der Waals surface area (Å²) >= 11 is 2.35. The molecule has 0 unspecified atom stereocenters. The fraction of sp³-hybridized carbons (Fsp3) is 0.500. The third kappa shape index (κ3) is 4.57. The second-order valence-electron chi connectivity index (χ2n) is 3.52. The van der Waals surface area contributed by atoms with E-state index < -0.39 is 0 Å². The molecule has 0 amide bonds. The van der Waals surface area contributed by atoms with Gasteiger partial charge in [-0.15, -0.1) is 0 Å². The lowest BCUT2D eigenvalue weighted by Gasteiger charge is -2.15. The van der Waals surface area contributed by atoms with E-state index >= 15 is 0 Å². The van der Waals surface area contributed by atoms with Gasteiger partial charge in [-0.25, -0.2) is 3.11 Å². The van der Waals surface area contributed by atoms with Crippen LogP contribution >= 0.6 is 22.9 Å². The van der Waals surface area contributed by atoms with Crippen molar-refractivity contribution in [1.29, 1.82) is 0 Å². The van der Waals surface area contributed by atoms with Crippen LogP contribution in [0, 0.1) is 5.92 Å². The van der Waals surface area contributed by atoms with Crippen LogP contribution in [0.25, 0.3) is 0 Å². The van der Waals surface area contributed by atoms with Crippen molar-refractivity contribution in [2.45, 2.75) is 20.4 Å². The van der Waals surface area contributed by atoms with Crippen molar-refractivity contribution in [3.63, 3.8) is 0 Å². The van der Waals surface area contributed by atoms with E-state index in [2.05, 4.69) is 50.9 Å². The number of hydrogen-bond donors (Lipinski definition) is 0. The molecule has 0 fully saturated rings. The summed E-state index contributed by atoms with van der Waals surface area (Å²) in [5, 5.41) is 0. The summed E-state index contributed by atoms with van der Waals surface area (Å²) in [6.07, 6.45) is 1.84. The lowest BCUT2D eigenvalue weighted by atomic mass is 10.2. The summed E-state index contributed by atoms with van der Waals surface area (Å²) in [4.78, 5) is 4.28. The molecule has 0 radical (unpaired) electrons. The van der Waals surface area contributed by atoms with Crippen LogP contribution in [0.1, 0.15) is 19.5 Å². The Bertz CT molecular complexity index is 236. The summed E-state index contributed by atoms with van der Waals surface area (Å²) < 4.78 is 2.27. The number of rotatable bonds is 4. The van der Waals surface area contributed by atoms with E-state index in [0.717, 1.165) is 18.8 Å². The number of pyridine rings is 1. The standard InChI is InChI=1S/C10H15IN2/c1-9(2)7-13(11)8-10-5-3-4-6-12-10/h3-6,9H,7-8H2,1-2H3. The van der Waals surface area contributed by atoms with Gasteiger partial charge in [-0.3, -0.25) is 4.98 Å². The van der Waals surface area contributed by atoms with Crippen LogP contribution in [0.4, 0.5) is 0 Å². The fourth-order valence-electron chi connectivity index (χ4n) is 1.13. The molecule has 1 aromatic rings. The first-order chi connectivity index (χ1) is 6.18. The second-order valence-corrected chi connectivity index (χ2v) is 4.88. The highest BCUT2D eigenvalue weighted by Gasteiger charge is 2.04. The molecule has 0 bridgehead atoms. The van der Waals surface area contributed by atoms with Gasteiger partial charge < -0.3 is 0 Å². The van der Waals surface area contributed by atoms with Crippen molar-refractivity contribution in [2.75, 3.05) is 6.54 Å². The molecular weight excluding hydrogens is 275 g/mol. The van der Waals surface area contributed by atoms with Crippen LogP contribution in [0.2, 0.25) is 0 Å². The highest BCUT2D eigenvalue weighted by Crippen LogP contribution is 2.09. The minimum absolute atomic E-state index is 0.709. The quantitative estimate of drug-likeness (QED) is 0.626. The lowest BCUT2D eigenvalue weighted by Crippen LogP contribution is -2.17. The third-order valence-corrected chi connectivity index (χ3v) is 2.36. The Kier molecular flexibility index (Phi) is 4.66. The van der Waals surface area contributed by atoms with E-state index in [4.69, 9.17) is 0 Å². The molecule has 1 heterocycles. The molecule has 0 atom stereocenters. The fourth-order valence-corrected chi connectivity index (χ4v) is 2.27. The van der Waals surface area contributed by atoms with Crippen molar-refractivity contribution in [2.24, 2.45) is 5.92 Å². The van der Waals surface area contributed by atoms with Crippen molar-refractivity contribution in [1.82, 2.24) is 8.10 Å². The molecule has 2 nitrogen and oxygen atoms in total. The molecule has 3 heteroatoms. The van der Waals surface area contributed by atoms with Gasteiger partial charge in [0.05, 0.1) is 12.2 Å². The first kappa shape index (κ1) is 10.9.